The second kappa shape index (κ2) is 35.7. The molecule has 6 heterocycles. The smallest absolute Gasteiger partial charge is 0.0788 e. The molecular weight excluding hydrogens is 1740 g/mol. The summed E-state index contributed by atoms with van der Waals surface area (Å²) >= 11 is 0. The summed E-state index contributed by atoms with van der Waals surface area (Å²) in [5, 5.41) is 15.0. The van der Waals surface area contributed by atoms with Gasteiger partial charge in [0.2, 0.25) is 0 Å². The Morgan fingerprint density at radius 1 is 0.0833 bits per heavy atom. The van der Waals surface area contributed by atoms with Gasteiger partial charge in [-0.2, -0.15) is 0 Å². The van der Waals surface area contributed by atoms with Gasteiger partial charge >= 0.3 is 0 Å². The first-order valence-corrected chi connectivity index (χ1v) is 49.5. The zero-order valence-electron chi connectivity index (χ0n) is 78.8. The van der Waals surface area contributed by atoms with E-state index in [-0.39, 0.29) is 0 Å². The lowest BCUT2D eigenvalue weighted by Crippen LogP contribution is -1.99. The number of para-hydroxylation sites is 6. The number of nitrogens with zero attached hydrogens (tertiary/aromatic N) is 6. The lowest BCUT2D eigenvalue weighted by Gasteiger charge is -2.14. The molecule has 0 atom stereocenters. The number of benzene rings is 23. The molecule has 0 bridgehead atoms. The molecule has 0 fully saturated rings. The Hall–Kier alpha value is -19.1. The van der Waals surface area contributed by atoms with Crippen LogP contribution in [0, 0.1) is 0 Å². The van der Waals surface area contributed by atoms with E-state index < -0.39 is 0 Å². The van der Waals surface area contributed by atoms with Gasteiger partial charge in [-0.25, -0.2) is 0 Å². The fourth-order valence-corrected chi connectivity index (χ4v) is 22.5. The van der Waals surface area contributed by atoms with Crippen molar-refractivity contribution < 1.29 is 0 Å². The van der Waals surface area contributed by atoms with Gasteiger partial charge in [0.25, 0.3) is 0 Å². The third-order valence-corrected chi connectivity index (χ3v) is 29.2. The van der Waals surface area contributed by atoms with Crippen molar-refractivity contribution in [1.82, 2.24) is 27.4 Å². The molecule has 0 saturated heterocycles. The van der Waals surface area contributed by atoms with Crippen LogP contribution in [0.5, 0.6) is 0 Å². The zero-order valence-corrected chi connectivity index (χ0v) is 78.8. The van der Waals surface area contributed by atoms with Crippen molar-refractivity contribution in [2.75, 3.05) is 0 Å². The minimum absolute atomic E-state index is 1.14. The minimum atomic E-state index is 1.14. The first-order chi connectivity index (χ1) is 71.5. The maximum absolute atomic E-state index is 2.47. The van der Waals surface area contributed by atoms with E-state index in [2.05, 4.69) is 586 Å². The lowest BCUT2D eigenvalue weighted by atomic mass is 9.99. The monoisotopic (exact) mass is 1830 g/mol. The van der Waals surface area contributed by atoms with Gasteiger partial charge in [0.15, 0.2) is 0 Å². The van der Waals surface area contributed by atoms with Crippen LogP contribution in [-0.2, 0) is 0 Å². The Labute approximate surface area is 833 Å². The van der Waals surface area contributed by atoms with Crippen molar-refractivity contribution in [3.05, 3.63) is 558 Å². The summed E-state index contributed by atoms with van der Waals surface area (Å²) in [6, 6.07) is 202. The van der Waals surface area contributed by atoms with Crippen molar-refractivity contribution in [2.45, 2.75) is 0 Å². The third kappa shape index (κ3) is 14.6. The molecule has 6 nitrogen and oxygen atoms in total. The highest BCUT2D eigenvalue weighted by molar-refractivity contribution is 6.27. The molecule has 29 rings (SSSR count). The first kappa shape index (κ1) is 84.2. The normalized spacial score (nSPS) is 11.6. The second-order valence-electron chi connectivity index (χ2n) is 37.3. The van der Waals surface area contributed by atoms with E-state index in [0.717, 1.165) is 34.1 Å². The Morgan fingerprint density at radius 2 is 0.229 bits per heavy atom. The standard InChI is InChI=1S/2C48H32N2.C42H28N2/c1-3-12-33(13-4-1)35-22-26-39(27-23-35)49-45-20-9-7-18-41(45)43-30-31-44-42-19-8-10-21-46(42)50(48(44)47(43)49)40-28-24-36(25-29-40)38-17-11-16-37(32-38)34-14-5-2-6-15-34;1-3-11-33(12-4-1)35-19-21-36(22-20-35)38-25-29-40(30-26-38)50-46-18-10-8-16-42(46)44-32-31-43-41-15-7-9-17-45(41)49(47(43)48(44)50)39-27-23-37(24-28-39)34-13-5-2-6-14-34;1-3-13-29(14-4-1)31-17-11-19-33(27-31)43-39-23-9-7-21-35(39)37-25-26-38-36-22-8-10-24-40(36)44(42(38)41(37)43)34-20-12-18-32(28-34)30-15-5-2-6-16-30/h2*1-32H;1-28H. The first-order valence-electron chi connectivity index (χ1n) is 49.5. The van der Waals surface area contributed by atoms with Crippen molar-refractivity contribution in [2.24, 2.45) is 0 Å². The molecule has 0 spiro atoms. The van der Waals surface area contributed by atoms with E-state index in [1.54, 1.807) is 0 Å². The van der Waals surface area contributed by atoms with Gasteiger partial charge in [-0.1, -0.05) is 443 Å². The van der Waals surface area contributed by atoms with Gasteiger partial charge in [-0.3, -0.25) is 0 Å². The van der Waals surface area contributed by atoms with Crippen LogP contribution in [0.15, 0.2) is 558 Å². The molecule has 29 aromatic rings. The maximum atomic E-state index is 2.47. The van der Waals surface area contributed by atoms with E-state index in [1.165, 1.54) is 220 Å². The Kier molecular flexibility index (Phi) is 20.9. The van der Waals surface area contributed by atoms with Crippen molar-refractivity contribution >= 4 is 131 Å². The topological polar surface area (TPSA) is 29.6 Å². The van der Waals surface area contributed by atoms with Crippen LogP contribution >= 0.6 is 0 Å². The van der Waals surface area contributed by atoms with E-state index >= 15 is 0 Å². The average Bonchev–Trinajstić information content (AvgIpc) is 1.55. The van der Waals surface area contributed by atoms with Crippen LogP contribution in [0.1, 0.15) is 0 Å². The molecule has 6 heteroatoms. The summed E-state index contributed by atoms with van der Waals surface area (Å²) in [6.45, 7) is 0. The van der Waals surface area contributed by atoms with Crippen molar-refractivity contribution in [1.29, 1.82) is 0 Å². The molecule has 0 aliphatic carbocycles. The van der Waals surface area contributed by atoms with Gasteiger partial charge in [0.05, 0.1) is 66.2 Å². The average molecular weight is 1830 g/mol. The molecule has 0 aliphatic rings. The van der Waals surface area contributed by atoms with E-state index in [9.17, 15) is 0 Å². The Morgan fingerprint density at radius 3 is 0.444 bits per heavy atom. The molecular formula is C138H92N6. The molecule has 23 aromatic carbocycles. The minimum Gasteiger partial charge on any atom is -0.307 e. The van der Waals surface area contributed by atoms with Crippen LogP contribution in [-0.4, -0.2) is 27.4 Å². The largest absolute Gasteiger partial charge is 0.307 e. The molecule has 0 N–H and O–H groups in total. The predicted octanol–water partition coefficient (Wildman–Crippen LogP) is 37.0. The molecule has 0 aliphatic heterocycles. The summed E-state index contributed by atoms with van der Waals surface area (Å²) in [5.74, 6) is 0. The van der Waals surface area contributed by atoms with Crippen LogP contribution in [0.25, 0.3) is 254 Å². The third-order valence-electron chi connectivity index (χ3n) is 29.2. The van der Waals surface area contributed by atoms with Crippen molar-refractivity contribution in [3.8, 4) is 123 Å². The molecule has 144 heavy (non-hydrogen) atoms. The second-order valence-corrected chi connectivity index (χ2v) is 37.3. The number of rotatable bonds is 14. The number of hydrogen-bond acceptors (Lipinski definition) is 0. The highest BCUT2D eigenvalue weighted by Gasteiger charge is 2.27. The summed E-state index contributed by atoms with van der Waals surface area (Å²) in [7, 11) is 0. The van der Waals surface area contributed by atoms with Gasteiger partial charge < -0.3 is 27.4 Å². The predicted molar refractivity (Wildman–Crippen MR) is 609 cm³/mol. The van der Waals surface area contributed by atoms with Crippen LogP contribution in [0.2, 0.25) is 0 Å². The van der Waals surface area contributed by atoms with E-state index in [4.69, 9.17) is 0 Å². The number of hydrogen-bond donors (Lipinski definition) is 0. The lowest BCUT2D eigenvalue weighted by molar-refractivity contribution is 1.15. The molecule has 0 radical (unpaired) electrons. The summed E-state index contributed by atoms with van der Waals surface area (Å²) in [5.41, 5.74) is 40.8. The van der Waals surface area contributed by atoms with Crippen molar-refractivity contribution in [3.63, 3.8) is 0 Å². The van der Waals surface area contributed by atoms with Gasteiger partial charge in [-0.05, 0) is 204 Å². The molecule has 0 unspecified atom stereocenters. The van der Waals surface area contributed by atoms with Crippen LogP contribution in [0.4, 0.5) is 0 Å². The highest BCUT2D eigenvalue weighted by atomic mass is 15.1. The van der Waals surface area contributed by atoms with E-state index in [1.807, 2.05) is 0 Å². The fraction of sp³-hybridized carbons (Fsp3) is 0. The van der Waals surface area contributed by atoms with Crippen LogP contribution in [0.3, 0.4) is 0 Å². The summed E-state index contributed by atoms with van der Waals surface area (Å²) in [4.78, 5) is 0. The highest BCUT2D eigenvalue weighted by Crippen LogP contribution is 2.48. The van der Waals surface area contributed by atoms with Crippen LogP contribution < -0.4 is 0 Å². The summed E-state index contributed by atoms with van der Waals surface area (Å²) in [6.07, 6.45) is 0. The van der Waals surface area contributed by atoms with Gasteiger partial charge in [-0.15, -0.1) is 0 Å². The molecule has 674 valence electrons. The summed E-state index contributed by atoms with van der Waals surface area (Å²) < 4.78 is 14.8. The van der Waals surface area contributed by atoms with Gasteiger partial charge in [0.1, 0.15) is 0 Å². The number of fused-ring (bicyclic) bond motifs is 21. The van der Waals surface area contributed by atoms with E-state index in [0.29, 0.717) is 0 Å². The molecule has 0 amide bonds. The number of aromatic nitrogens is 6. The maximum Gasteiger partial charge on any atom is 0.0788 e. The SMILES string of the molecule is c1ccc(-c2ccc(-c3ccc(-n4c5ccccc5c5ccc6c7ccccc7n(-c7ccc(-c8ccccc8)cc7)c6c54)cc3)cc2)cc1.c1ccc(-c2ccc(-n3c4ccccc4c4ccc5c6ccccc6n(-c6ccc(-c7cccc(-c8ccccc8)c7)cc6)c5c43)cc2)cc1.c1ccc(-c2cccc(-n3c4ccccc4c4ccc5c6ccccc6n(-c6cccc(-c7ccccc7)c6)c5c43)c2)cc1. The quantitative estimate of drug-likeness (QED) is 0.104. The van der Waals surface area contributed by atoms with Gasteiger partial charge in [0, 0.05) is 98.8 Å². The Balaban J connectivity index is 0.000000108. The molecule has 0 saturated carbocycles. The fourth-order valence-electron chi connectivity index (χ4n) is 22.5. The molecule has 6 aromatic heterocycles. The Bertz CT molecular complexity index is 9740. The zero-order chi connectivity index (χ0) is 95.1.